The number of rotatable bonds is 0. The third-order valence-corrected chi connectivity index (χ3v) is 2.73. The third-order valence-electron chi connectivity index (χ3n) is 1.96. The number of para-hydroxylation sites is 1. The molecule has 0 aliphatic carbocycles. The Labute approximate surface area is 144 Å². The van der Waals surface area contributed by atoms with E-state index in [1.165, 1.54) is 0 Å². The van der Waals surface area contributed by atoms with Crippen LogP contribution in [-0.2, 0) is 32.7 Å². The summed E-state index contributed by atoms with van der Waals surface area (Å²) in [6.45, 7) is 6.26. The first-order valence-electron chi connectivity index (χ1n) is 5.09. The van der Waals surface area contributed by atoms with E-state index in [1.54, 1.807) is 6.07 Å². The molecule has 19 heavy (non-hydrogen) atoms. The van der Waals surface area contributed by atoms with Gasteiger partial charge in [0.05, 0.1) is 0 Å². The van der Waals surface area contributed by atoms with Gasteiger partial charge in [0.2, 0.25) is 0 Å². The first-order valence-corrected chi connectivity index (χ1v) is 6.45. The van der Waals surface area contributed by atoms with E-state index in [1.807, 2.05) is 18.2 Å². The molecule has 106 valence electrons. The van der Waals surface area contributed by atoms with Crippen LogP contribution in [-0.4, -0.2) is 15.6 Å². The monoisotopic (exact) mass is 460 g/mol. The van der Waals surface area contributed by atoms with Crippen molar-refractivity contribution in [3.8, 4) is 5.75 Å². The second-order valence-corrected chi connectivity index (χ2v) is 6.49. The van der Waals surface area contributed by atoms with Crippen molar-refractivity contribution in [2.45, 2.75) is 36.6 Å². The van der Waals surface area contributed by atoms with Gasteiger partial charge in [-0.3, -0.25) is 0 Å². The number of benzene rings is 1. The summed E-state index contributed by atoms with van der Waals surface area (Å²) in [7, 11) is 0. The normalized spacial score (nSPS) is 12.8. The smallest absolute Gasteiger partial charge is 0.414 e. The van der Waals surface area contributed by atoms with Crippen LogP contribution in [0.5, 0.6) is 5.75 Å². The minimum atomic E-state index is -4.32. The van der Waals surface area contributed by atoms with Gasteiger partial charge < -0.3 is 5.11 Å². The minimum Gasteiger partial charge on any atom is -0.508 e. The molecule has 0 saturated heterocycles. The zero-order valence-corrected chi connectivity index (χ0v) is 17.3. The maximum Gasteiger partial charge on any atom is 0.414 e. The minimum absolute atomic E-state index is 0. The van der Waals surface area contributed by atoms with E-state index < -0.39 is 10.5 Å². The van der Waals surface area contributed by atoms with Gasteiger partial charge in [0.1, 0.15) is 5.75 Å². The maximum absolute atomic E-state index is 11.0. The molecule has 1 unspecified atom stereocenters. The van der Waals surface area contributed by atoms with Crippen molar-refractivity contribution in [2.75, 3.05) is 0 Å². The Morgan fingerprint density at radius 2 is 1.53 bits per heavy atom. The number of phenols is 1. The number of alkyl halides is 5. The fraction of sp³-hybridized carbons (Fsp3) is 0.500. The van der Waals surface area contributed by atoms with E-state index in [4.69, 9.17) is 0 Å². The molecule has 0 aliphatic heterocycles. The van der Waals surface area contributed by atoms with Crippen LogP contribution in [0.15, 0.2) is 24.3 Å². The van der Waals surface area contributed by atoms with Crippen LogP contribution >= 0.6 is 27.5 Å². The fourth-order valence-corrected chi connectivity index (χ4v) is 1.11. The summed E-state index contributed by atoms with van der Waals surface area (Å²) in [6, 6.07) is 7.46. The average Bonchev–Trinajstić information content (AvgIpc) is 2.15. The van der Waals surface area contributed by atoms with Crippen molar-refractivity contribution in [1.29, 1.82) is 0 Å². The Balaban J connectivity index is 0. The second-order valence-electron chi connectivity index (χ2n) is 4.61. The molecule has 0 radical (unpaired) electrons. The number of hydrogen-bond acceptors (Lipinski definition) is 1. The zero-order chi connectivity index (χ0) is 14.6. The molecule has 1 rings (SSSR count). The number of halogens is 5. The molecular formula is C12H15BrCdClF3O. The summed E-state index contributed by atoms with van der Waals surface area (Å²) in [6.07, 6.45) is -4.32. The van der Waals surface area contributed by atoms with Crippen molar-refractivity contribution < 1.29 is 45.6 Å². The molecule has 0 saturated carbocycles. The number of phenolic OH excluding ortho intramolecular Hbond substituents is 1. The molecular weight excluding hydrogens is 445 g/mol. The van der Waals surface area contributed by atoms with Crippen LogP contribution in [0.25, 0.3) is 0 Å². The summed E-state index contributed by atoms with van der Waals surface area (Å²) in [4.78, 5) is 0. The largest absolute Gasteiger partial charge is 0.508 e. The summed E-state index contributed by atoms with van der Waals surface area (Å²) in [5.74, 6) is 0.389. The summed E-state index contributed by atoms with van der Waals surface area (Å²) < 4.78 is 31.1. The Hall–Kier alpha value is 0.502. The van der Waals surface area contributed by atoms with E-state index in [2.05, 4.69) is 48.3 Å². The van der Waals surface area contributed by atoms with Crippen LogP contribution in [0.4, 0.5) is 13.2 Å². The first kappa shape index (κ1) is 21.8. The van der Waals surface area contributed by atoms with Crippen LogP contribution in [0, 0.1) is 0 Å². The van der Waals surface area contributed by atoms with Crippen LogP contribution < -0.4 is 0 Å². The van der Waals surface area contributed by atoms with Gasteiger partial charge in [0.25, 0.3) is 0 Å². The van der Waals surface area contributed by atoms with Crippen LogP contribution in [0.2, 0.25) is 0 Å². The van der Waals surface area contributed by atoms with Gasteiger partial charge in [-0.05, 0) is 17.0 Å². The second kappa shape index (κ2) is 8.71. The van der Waals surface area contributed by atoms with Gasteiger partial charge >= 0.3 is 6.18 Å². The summed E-state index contributed by atoms with van der Waals surface area (Å²) >= 11 is 6.68. The zero-order valence-electron chi connectivity index (χ0n) is 10.9. The maximum atomic E-state index is 11.0. The molecule has 1 atom stereocenters. The van der Waals surface area contributed by atoms with Crippen LogP contribution in [0.3, 0.4) is 0 Å². The number of aromatic hydroxyl groups is 1. The quantitative estimate of drug-likeness (QED) is 0.418. The standard InChI is InChI=1S/C10H14O.C2HBrClF3.Cd/c1-10(2,3)8-6-4-5-7-9(8)11;3-1(4)2(5,6)7;/h4-7,11H,1-3H3;1H;. The average molecular weight is 460 g/mol. The Morgan fingerprint density at radius 1 is 1.16 bits per heavy atom. The van der Waals surface area contributed by atoms with Crippen molar-refractivity contribution in [3.05, 3.63) is 29.8 Å². The van der Waals surface area contributed by atoms with E-state index in [-0.39, 0.29) is 32.7 Å². The van der Waals surface area contributed by atoms with Gasteiger partial charge in [-0.1, -0.05) is 54.9 Å². The van der Waals surface area contributed by atoms with Gasteiger partial charge in [-0.2, -0.15) is 13.2 Å². The molecule has 0 fully saturated rings. The third kappa shape index (κ3) is 9.12. The SMILES string of the molecule is CC(C)(C)c1ccccc1O.FC(F)(F)C(Cl)Br.[Cd]. The van der Waals surface area contributed by atoms with E-state index >= 15 is 0 Å². The van der Waals surface area contributed by atoms with Gasteiger partial charge in [-0.15, -0.1) is 11.6 Å². The van der Waals surface area contributed by atoms with Crippen molar-refractivity contribution >= 4 is 27.5 Å². The van der Waals surface area contributed by atoms with Crippen molar-refractivity contribution in [2.24, 2.45) is 0 Å². The van der Waals surface area contributed by atoms with Crippen molar-refractivity contribution in [1.82, 2.24) is 0 Å². The first-order chi connectivity index (χ1) is 7.96. The number of hydrogen-bond donors (Lipinski definition) is 1. The summed E-state index contributed by atoms with van der Waals surface area (Å²) in [5.41, 5.74) is 1.03. The summed E-state index contributed by atoms with van der Waals surface area (Å²) in [5, 5.41) is 9.45. The van der Waals surface area contributed by atoms with E-state index in [0.29, 0.717) is 5.75 Å². The fourth-order valence-electron chi connectivity index (χ4n) is 1.11. The Kier molecular flexibility index (Phi) is 10.00. The van der Waals surface area contributed by atoms with E-state index in [9.17, 15) is 18.3 Å². The van der Waals surface area contributed by atoms with Gasteiger partial charge in [0.15, 0.2) is 4.29 Å². The van der Waals surface area contributed by atoms with E-state index in [0.717, 1.165) is 5.56 Å². The van der Waals surface area contributed by atoms with Gasteiger partial charge in [0, 0.05) is 27.3 Å². The molecule has 0 spiro atoms. The van der Waals surface area contributed by atoms with Gasteiger partial charge in [-0.25, -0.2) is 0 Å². The molecule has 1 N–H and O–H groups in total. The van der Waals surface area contributed by atoms with Crippen molar-refractivity contribution in [3.63, 3.8) is 0 Å². The predicted octanol–water partition coefficient (Wildman–Crippen LogP) is 5.20. The molecule has 0 aromatic heterocycles. The van der Waals surface area contributed by atoms with Crippen LogP contribution in [0.1, 0.15) is 26.3 Å². The predicted molar refractivity (Wildman–Crippen MR) is 71.4 cm³/mol. The Morgan fingerprint density at radius 3 is 1.74 bits per heavy atom. The molecule has 0 bridgehead atoms. The molecule has 7 heteroatoms. The topological polar surface area (TPSA) is 20.2 Å². The molecule has 0 aliphatic rings. The Bertz CT molecular complexity index is 378. The molecule has 1 aromatic rings. The molecule has 0 amide bonds. The molecule has 1 aromatic carbocycles. The molecule has 0 heterocycles. The molecule has 1 nitrogen and oxygen atoms in total.